The van der Waals surface area contributed by atoms with Crippen LogP contribution in [0.3, 0.4) is 0 Å². The van der Waals surface area contributed by atoms with Crippen LogP contribution < -0.4 is 5.73 Å². The highest BCUT2D eigenvalue weighted by Crippen LogP contribution is 2.23. The zero-order valence-electron chi connectivity index (χ0n) is 10.2. The van der Waals surface area contributed by atoms with E-state index in [1.54, 1.807) is 6.07 Å². The largest absolute Gasteiger partial charge is 0.326 e. The molecule has 94 valence electrons. The fraction of sp³-hybridized carbons (Fsp3) is 0.538. The summed E-state index contributed by atoms with van der Waals surface area (Å²) in [4.78, 5) is 2.25. The maximum atomic E-state index is 14.0. The van der Waals surface area contributed by atoms with E-state index in [1.165, 1.54) is 12.2 Å². The molecule has 1 atom stereocenters. The predicted octanol–water partition coefficient (Wildman–Crippen LogP) is 2.22. The van der Waals surface area contributed by atoms with Crippen LogP contribution in [-0.2, 0) is 13.1 Å². The van der Waals surface area contributed by atoms with Gasteiger partial charge in [-0.15, -0.1) is 0 Å². The molecular formula is C13H19FN2S. The number of hydrogen-bond acceptors (Lipinski definition) is 3. The summed E-state index contributed by atoms with van der Waals surface area (Å²) in [5.74, 6) is 2.25. The molecule has 2 nitrogen and oxygen atoms in total. The maximum absolute atomic E-state index is 14.0. The molecule has 0 amide bonds. The minimum Gasteiger partial charge on any atom is -0.326 e. The predicted molar refractivity (Wildman–Crippen MR) is 71.5 cm³/mol. The lowest BCUT2D eigenvalue weighted by atomic mass is 10.1. The molecule has 1 heterocycles. The summed E-state index contributed by atoms with van der Waals surface area (Å²) in [5.41, 5.74) is 6.88. The van der Waals surface area contributed by atoms with Crippen LogP contribution in [0.4, 0.5) is 4.39 Å². The third kappa shape index (κ3) is 3.00. The number of thioether (sulfide) groups is 1. The van der Waals surface area contributed by atoms with Crippen molar-refractivity contribution in [3.63, 3.8) is 0 Å². The number of hydrogen-bond donors (Lipinski definition) is 1. The minimum atomic E-state index is -0.132. The first-order valence-electron chi connectivity index (χ1n) is 5.96. The number of nitrogens with two attached hydrogens (primary N) is 1. The van der Waals surface area contributed by atoms with Crippen molar-refractivity contribution in [3.05, 3.63) is 35.1 Å². The van der Waals surface area contributed by atoms with Crippen molar-refractivity contribution in [2.75, 3.05) is 18.6 Å². The zero-order chi connectivity index (χ0) is 12.3. The highest BCUT2D eigenvalue weighted by atomic mass is 32.2. The summed E-state index contributed by atoms with van der Waals surface area (Å²) in [6, 6.07) is 6.08. The summed E-state index contributed by atoms with van der Waals surface area (Å²) in [6.45, 7) is 0.938. The highest BCUT2D eigenvalue weighted by molar-refractivity contribution is 7.99. The van der Waals surface area contributed by atoms with E-state index in [2.05, 4.69) is 11.9 Å². The molecule has 0 saturated carbocycles. The Hall–Kier alpha value is -0.580. The molecular weight excluding hydrogens is 235 g/mol. The molecule has 2 N–H and O–H groups in total. The van der Waals surface area contributed by atoms with Gasteiger partial charge in [-0.2, -0.15) is 11.8 Å². The summed E-state index contributed by atoms with van der Waals surface area (Å²) < 4.78 is 14.0. The quantitative estimate of drug-likeness (QED) is 0.893. The van der Waals surface area contributed by atoms with Crippen LogP contribution in [0.5, 0.6) is 0 Å². The molecule has 1 saturated heterocycles. The average molecular weight is 254 g/mol. The molecule has 1 unspecified atom stereocenters. The second-order valence-corrected chi connectivity index (χ2v) is 5.68. The number of rotatable bonds is 4. The van der Waals surface area contributed by atoms with Crippen molar-refractivity contribution in [3.8, 4) is 0 Å². The lowest BCUT2D eigenvalue weighted by molar-refractivity contribution is 0.251. The van der Waals surface area contributed by atoms with E-state index >= 15 is 0 Å². The van der Waals surface area contributed by atoms with Gasteiger partial charge in [-0.05, 0) is 19.2 Å². The summed E-state index contributed by atoms with van der Waals surface area (Å²) in [5, 5.41) is 0. The lowest BCUT2D eigenvalue weighted by Gasteiger charge is -2.24. The summed E-state index contributed by atoms with van der Waals surface area (Å²) >= 11 is 1.98. The Bertz CT molecular complexity index is 378. The molecule has 2 rings (SSSR count). The van der Waals surface area contributed by atoms with Gasteiger partial charge in [0.15, 0.2) is 0 Å². The highest BCUT2D eigenvalue weighted by Gasteiger charge is 2.21. The smallest absolute Gasteiger partial charge is 0.132 e. The molecule has 1 aliphatic rings. The van der Waals surface area contributed by atoms with Gasteiger partial charge in [0.2, 0.25) is 0 Å². The van der Waals surface area contributed by atoms with Crippen molar-refractivity contribution in [1.82, 2.24) is 4.90 Å². The first-order chi connectivity index (χ1) is 8.22. The van der Waals surface area contributed by atoms with Gasteiger partial charge < -0.3 is 5.73 Å². The summed E-state index contributed by atoms with van der Waals surface area (Å²) in [7, 11) is 2.07. The SMILES string of the molecule is CN(Cc1cccc(CN)c1F)C1CCSC1. The van der Waals surface area contributed by atoms with Crippen LogP contribution in [0.25, 0.3) is 0 Å². The van der Waals surface area contributed by atoms with E-state index in [1.807, 2.05) is 23.9 Å². The zero-order valence-corrected chi connectivity index (χ0v) is 11.0. The lowest BCUT2D eigenvalue weighted by Crippen LogP contribution is -2.31. The first kappa shape index (κ1) is 12.9. The van der Waals surface area contributed by atoms with Crippen molar-refractivity contribution in [2.24, 2.45) is 5.73 Å². The van der Waals surface area contributed by atoms with Crippen LogP contribution in [0.1, 0.15) is 17.5 Å². The van der Waals surface area contributed by atoms with E-state index in [0.717, 1.165) is 11.3 Å². The van der Waals surface area contributed by atoms with Gasteiger partial charge >= 0.3 is 0 Å². The molecule has 4 heteroatoms. The molecule has 0 bridgehead atoms. The Morgan fingerprint density at radius 1 is 1.47 bits per heavy atom. The monoisotopic (exact) mass is 254 g/mol. The molecule has 0 aromatic heterocycles. The van der Waals surface area contributed by atoms with Crippen molar-refractivity contribution in [1.29, 1.82) is 0 Å². The van der Waals surface area contributed by atoms with E-state index in [0.29, 0.717) is 18.2 Å². The van der Waals surface area contributed by atoms with Crippen molar-refractivity contribution < 1.29 is 4.39 Å². The fourth-order valence-corrected chi connectivity index (χ4v) is 3.48. The van der Waals surface area contributed by atoms with E-state index in [9.17, 15) is 4.39 Å². The Kier molecular flexibility index (Phi) is 4.42. The van der Waals surface area contributed by atoms with Crippen molar-refractivity contribution in [2.45, 2.75) is 25.6 Å². The van der Waals surface area contributed by atoms with Gasteiger partial charge in [0, 0.05) is 36.0 Å². The molecule has 0 aliphatic carbocycles. The molecule has 17 heavy (non-hydrogen) atoms. The van der Waals surface area contributed by atoms with E-state index in [4.69, 9.17) is 5.73 Å². The van der Waals surface area contributed by atoms with E-state index in [-0.39, 0.29) is 12.4 Å². The topological polar surface area (TPSA) is 29.3 Å². The number of benzene rings is 1. The Morgan fingerprint density at radius 2 is 2.24 bits per heavy atom. The molecule has 1 aliphatic heterocycles. The van der Waals surface area contributed by atoms with Crippen LogP contribution in [0, 0.1) is 5.82 Å². The van der Waals surface area contributed by atoms with Gasteiger partial charge in [-0.3, -0.25) is 4.90 Å². The van der Waals surface area contributed by atoms with Gasteiger partial charge in [-0.1, -0.05) is 18.2 Å². The van der Waals surface area contributed by atoms with Crippen LogP contribution >= 0.6 is 11.8 Å². The molecule has 1 fully saturated rings. The third-order valence-corrected chi connectivity index (χ3v) is 4.47. The average Bonchev–Trinajstić information content (AvgIpc) is 2.85. The minimum absolute atomic E-state index is 0.132. The first-order valence-corrected chi connectivity index (χ1v) is 7.12. The number of nitrogens with zero attached hydrogens (tertiary/aromatic N) is 1. The van der Waals surface area contributed by atoms with Gasteiger partial charge in [0.05, 0.1) is 0 Å². The molecule has 0 radical (unpaired) electrons. The van der Waals surface area contributed by atoms with Gasteiger partial charge in [0.25, 0.3) is 0 Å². The van der Waals surface area contributed by atoms with Crippen LogP contribution in [-0.4, -0.2) is 29.5 Å². The maximum Gasteiger partial charge on any atom is 0.132 e. The number of halogens is 1. The standard InChI is InChI=1S/C13H19FN2S/c1-16(12-5-6-17-9-12)8-11-4-2-3-10(7-15)13(11)14/h2-4,12H,5-9,15H2,1H3. The van der Waals surface area contributed by atoms with Gasteiger partial charge in [-0.25, -0.2) is 4.39 Å². The van der Waals surface area contributed by atoms with Crippen LogP contribution in [0.2, 0.25) is 0 Å². The second-order valence-electron chi connectivity index (χ2n) is 4.53. The molecule has 1 aromatic rings. The third-order valence-electron chi connectivity index (χ3n) is 3.33. The molecule has 1 aromatic carbocycles. The fourth-order valence-electron chi connectivity index (χ4n) is 2.18. The Labute approximate surface area is 106 Å². The summed E-state index contributed by atoms with van der Waals surface area (Å²) in [6.07, 6.45) is 1.21. The normalized spacial score (nSPS) is 20.1. The molecule has 0 spiro atoms. The Balaban J connectivity index is 2.07. The van der Waals surface area contributed by atoms with Crippen LogP contribution in [0.15, 0.2) is 18.2 Å². The van der Waals surface area contributed by atoms with E-state index < -0.39 is 0 Å². The van der Waals surface area contributed by atoms with Crippen molar-refractivity contribution >= 4 is 11.8 Å². The second kappa shape index (κ2) is 5.85. The van der Waals surface area contributed by atoms with Gasteiger partial charge in [0.1, 0.15) is 5.82 Å². The Morgan fingerprint density at radius 3 is 2.88 bits per heavy atom.